The minimum atomic E-state index is -3.63. The monoisotopic (exact) mass is 426 g/mol. The number of hydrogen-bond acceptors (Lipinski definition) is 4. The number of anilines is 1. The van der Waals surface area contributed by atoms with Gasteiger partial charge in [0.1, 0.15) is 11.9 Å². The van der Waals surface area contributed by atoms with Crippen molar-refractivity contribution in [1.82, 2.24) is 14.9 Å². The van der Waals surface area contributed by atoms with Gasteiger partial charge in [-0.1, -0.05) is 37.3 Å². The van der Waals surface area contributed by atoms with Crippen LogP contribution in [0.5, 0.6) is 0 Å². The molecule has 7 nitrogen and oxygen atoms in total. The van der Waals surface area contributed by atoms with Crippen LogP contribution in [0, 0.1) is 6.92 Å². The molecule has 1 aromatic heterocycles. The molecule has 0 aliphatic heterocycles. The maximum Gasteiger partial charge on any atom is 0.244 e. The number of benzene rings is 2. The van der Waals surface area contributed by atoms with Gasteiger partial charge in [-0.15, -0.1) is 0 Å². The molecule has 1 heterocycles. The Labute approximate surface area is 177 Å². The van der Waals surface area contributed by atoms with E-state index in [1.54, 1.807) is 43.5 Å². The summed E-state index contributed by atoms with van der Waals surface area (Å²) < 4.78 is 28.0. The number of imidazole rings is 1. The number of aryl methyl sites for hydroxylation is 1. The summed E-state index contributed by atoms with van der Waals surface area (Å²) in [7, 11) is -3.63. The van der Waals surface area contributed by atoms with E-state index in [0.717, 1.165) is 23.3 Å². The number of nitrogens with zero attached hydrogens (tertiary/aromatic N) is 3. The lowest BCUT2D eigenvalue weighted by molar-refractivity contribution is -0.122. The highest BCUT2D eigenvalue weighted by molar-refractivity contribution is 7.92. The Bertz CT molecular complexity index is 1090. The molecule has 0 radical (unpaired) electrons. The van der Waals surface area contributed by atoms with E-state index in [4.69, 9.17) is 0 Å². The topological polar surface area (TPSA) is 84.3 Å². The Morgan fingerprint density at radius 1 is 1.13 bits per heavy atom. The van der Waals surface area contributed by atoms with Crippen molar-refractivity contribution in [3.63, 3.8) is 0 Å². The van der Waals surface area contributed by atoms with Gasteiger partial charge in [0.25, 0.3) is 0 Å². The summed E-state index contributed by atoms with van der Waals surface area (Å²) in [5, 5.41) is 2.87. The van der Waals surface area contributed by atoms with Crippen LogP contribution in [-0.2, 0) is 21.4 Å². The van der Waals surface area contributed by atoms with Crippen molar-refractivity contribution in [3.05, 3.63) is 78.4 Å². The predicted octanol–water partition coefficient (Wildman–Crippen LogP) is 3.04. The number of para-hydroxylation sites is 1. The lowest BCUT2D eigenvalue weighted by atomic mass is 10.1. The second-order valence-electron chi connectivity index (χ2n) is 7.05. The summed E-state index contributed by atoms with van der Waals surface area (Å²) in [6.45, 7) is 4.04. The average molecular weight is 427 g/mol. The first-order chi connectivity index (χ1) is 14.3. The smallest absolute Gasteiger partial charge is 0.244 e. The van der Waals surface area contributed by atoms with Crippen molar-refractivity contribution in [2.24, 2.45) is 0 Å². The third kappa shape index (κ3) is 4.88. The molecule has 158 valence electrons. The summed E-state index contributed by atoms with van der Waals surface area (Å²) in [4.78, 5) is 17.1. The zero-order chi connectivity index (χ0) is 21.7. The summed E-state index contributed by atoms with van der Waals surface area (Å²) in [6, 6.07) is 15.6. The van der Waals surface area contributed by atoms with Crippen molar-refractivity contribution in [3.8, 4) is 5.69 Å². The number of amides is 1. The van der Waals surface area contributed by atoms with Crippen LogP contribution in [0.4, 0.5) is 5.69 Å². The maximum absolute atomic E-state index is 12.9. The highest BCUT2D eigenvalue weighted by Gasteiger charge is 2.31. The Morgan fingerprint density at radius 3 is 2.33 bits per heavy atom. The number of carbonyl (C=O) groups excluding carboxylic acids is 1. The Hall–Kier alpha value is -3.13. The van der Waals surface area contributed by atoms with Crippen LogP contribution in [0.3, 0.4) is 0 Å². The van der Waals surface area contributed by atoms with Gasteiger partial charge in [-0.3, -0.25) is 9.10 Å². The van der Waals surface area contributed by atoms with Crippen LogP contribution in [0.1, 0.15) is 24.7 Å². The van der Waals surface area contributed by atoms with Gasteiger partial charge in [0.15, 0.2) is 0 Å². The normalized spacial score (nSPS) is 12.4. The van der Waals surface area contributed by atoms with E-state index >= 15 is 0 Å². The highest BCUT2D eigenvalue weighted by Crippen LogP contribution is 2.22. The number of sulfonamides is 1. The number of nitrogens with one attached hydrogen (secondary N) is 1. The van der Waals surface area contributed by atoms with Crippen molar-refractivity contribution < 1.29 is 13.2 Å². The molecule has 30 heavy (non-hydrogen) atoms. The molecule has 2 aromatic carbocycles. The largest absolute Gasteiger partial charge is 0.350 e. The first-order valence-corrected chi connectivity index (χ1v) is 11.6. The van der Waals surface area contributed by atoms with E-state index in [2.05, 4.69) is 10.3 Å². The fourth-order valence-electron chi connectivity index (χ4n) is 3.37. The Balaban J connectivity index is 1.72. The van der Waals surface area contributed by atoms with E-state index in [1.807, 2.05) is 42.0 Å². The van der Waals surface area contributed by atoms with E-state index in [1.165, 1.54) is 4.31 Å². The lowest BCUT2D eigenvalue weighted by Gasteiger charge is -2.30. The van der Waals surface area contributed by atoms with E-state index in [-0.39, 0.29) is 5.91 Å². The van der Waals surface area contributed by atoms with E-state index in [0.29, 0.717) is 18.7 Å². The van der Waals surface area contributed by atoms with Gasteiger partial charge in [-0.2, -0.15) is 0 Å². The predicted molar refractivity (Wildman–Crippen MR) is 118 cm³/mol. The number of hydrogen-bond donors (Lipinski definition) is 1. The minimum absolute atomic E-state index is 0.310. The van der Waals surface area contributed by atoms with Crippen LogP contribution in [0.2, 0.25) is 0 Å². The Kier molecular flexibility index (Phi) is 6.56. The molecule has 0 aliphatic rings. The molecule has 1 amide bonds. The number of rotatable bonds is 8. The SMILES string of the molecule is CC[C@@H](C(=O)NCc1ccc(-n2ccnc2C)cc1)N(c1ccccc1)S(C)(=O)=O. The van der Waals surface area contributed by atoms with Crippen LogP contribution in [-0.4, -0.2) is 36.2 Å². The molecular formula is C22H26N4O3S. The molecule has 8 heteroatoms. The molecule has 0 saturated carbocycles. The Morgan fingerprint density at radius 2 is 1.80 bits per heavy atom. The first-order valence-electron chi connectivity index (χ1n) is 9.72. The molecule has 0 saturated heterocycles. The van der Waals surface area contributed by atoms with Gasteiger partial charge in [0.05, 0.1) is 11.9 Å². The zero-order valence-corrected chi connectivity index (χ0v) is 18.1. The standard InChI is InChI=1S/C22H26N4O3S/c1-4-21(26(30(3,28)29)20-8-6-5-7-9-20)22(27)24-16-18-10-12-19(13-11-18)25-15-14-23-17(25)2/h5-15,21H,4,16H2,1-3H3,(H,24,27)/t21-/m0/s1. The minimum Gasteiger partial charge on any atom is -0.350 e. The third-order valence-electron chi connectivity index (χ3n) is 4.85. The molecule has 0 bridgehead atoms. The molecule has 0 spiro atoms. The quantitative estimate of drug-likeness (QED) is 0.600. The fraction of sp³-hybridized carbons (Fsp3) is 0.273. The molecule has 1 atom stereocenters. The molecule has 0 aliphatic carbocycles. The lowest BCUT2D eigenvalue weighted by Crippen LogP contribution is -2.49. The summed E-state index contributed by atoms with van der Waals surface area (Å²) in [5.41, 5.74) is 2.38. The summed E-state index contributed by atoms with van der Waals surface area (Å²) in [6.07, 6.45) is 5.11. The van der Waals surface area contributed by atoms with Crippen molar-refractivity contribution in [2.45, 2.75) is 32.9 Å². The van der Waals surface area contributed by atoms with E-state index in [9.17, 15) is 13.2 Å². The maximum atomic E-state index is 12.9. The van der Waals surface area contributed by atoms with Gasteiger partial charge < -0.3 is 9.88 Å². The average Bonchev–Trinajstić information content (AvgIpc) is 3.16. The number of carbonyl (C=O) groups is 1. The molecule has 0 fully saturated rings. The molecule has 0 unspecified atom stereocenters. The van der Waals surface area contributed by atoms with Gasteiger partial charge >= 0.3 is 0 Å². The van der Waals surface area contributed by atoms with Crippen LogP contribution < -0.4 is 9.62 Å². The molecule has 1 N–H and O–H groups in total. The second kappa shape index (κ2) is 9.13. The third-order valence-corrected chi connectivity index (χ3v) is 6.03. The molecule has 3 aromatic rings. The van der Waals surface area contributed by atoms with Gasteiger partial charge in [-0.05, 0) is 43.2 Å². The molecular weight excluding hydrogens is 400 g/mol. The van der Waals surface area contributed by atoms with Crippen molar-refractivity contribution in [2.75, 3.05) is 10.6 Å². The van der Waals surface area contributed by atoms with Crippen molar-refractivity contribution in [1.29, 1.82) is 0 Å². The van der Waals surface area contributed by atoms with Crippen LogP contribution in [0.15, 0.2) is 67.0 Å². The van der Waals surface area contributed by atoms with E-state index < -0.39 is 16.1 Å². The number of aromatic nitrogens is 2. The van der Waals surface area contributed by atoms with Crippen LogP contribution >= 0.6 is 0 Å². The molecule has 3 rings (SSSR count). The summed E-state index contributed by atoms with van der Waals surface area (Å²) >= 11 is 0. The zero-order valence-electron chi connectivity index (χ0n) is 17.3. The van der Waals surface area contributed by atoms with Gasteiger partial charge in [0.2, 0.25) is 15.9 Å². The summed E-state index contributed by atoms with van der Waals surface area (Å²) in [5.74, 6) is 0.560. The van der Waals surface area contributed by atoms with Gasteiger partial charge in [0, 0.05) is 24.6 Å². The van der Waals surface area contributed by atoms with Crippen LogP contribution in [0.25, 0.3) is 5.69 Å². The highest BCUT2D eigenvalue weighted by atomic mass is 32.2. The first kappa shape index (κ1) is 21.6. The second-order valence-corrected chi connectivity index (χ2v) is 8.91. The van der Waals surface area contributed by atoms with Crippen molar-refractivity contribution >= 4 is 21.6 Å². The fourth-order valence-corrected chi connectivity index (χ4v) is 4.58. The van der Waals surface area contributed by atoms with Gasteiger partial charge in [-0.25, -0.2) is 13.4 Å².